The highest BCUT2D eigenvalue weighted by molar-refractivity contribution is 9.10. The maximum atomic E-state index is 13.1. The van der Waals surface area contributed by atoms with Gasteiger partial charge < -0.3 is 14.8 Å². The molecule has 12 heteroatoms. The van der Waals surface area contributed by atoms with Gasteiger partial charge in [0.05, 0.1) is 29.6 Å². The van der Waals surface area contributed by atoms with E-state index in [2.05, 4.69) is 26.3 Å². The Morgan fingerprint density at radius 2 is 1.85 bits per heavy atom. The van der Waals surface area contributed by atoms with Gasteiger partial charge in [0.1, 0.15) is 0 Å². The Hall–Kier alpha value is -3.67. The Bertz CT molecular complexity index is 1280. The van der Waals surface area contributed by atoms with E-state index < -0.39 is 41.5 Å². The summed E-state index contributed by atoms with van der Waals surface area (Å²) in [6, 6.07) is 11.9. The number of benzene rings is 2. The summed E-state index contributed by atoms with van der Waals surface area (Å²) in [5, 5.41) is 6.12. The molecule has 0 aliphatic carbocycles. The number of alkyl halides is 3. The Morgan fingerprint density at radius 1 is 1.12 bits per heavy atom. The Kier molecular flexibility index (Phi) is 7.72. The molecule has 0 bridgehead atoms. The van der Waals surface area contributed by atoms with Crippen molar-refractivity contribution in [1.29, 1.82) is 0 Å². The summed E-state index contributed by atoms with van der Waals surface area (Å²) in [5.41, 5.74) is -2.21. The molecule has 1 aromatic heterocycles. The van der Waals surface area contributed by atoms with Crippen molar-refractivity contribution < 1.29 is 32.2 Å². The third-order valence-corrected chi connectivity index (χ3v) is 4.78. The Balaban J connectivity index is 1.87. The molecule has 0 atom stereocenters. The van der Waals surface area contributed by atoms with E-state index in [1.165, 1.54) is 12.1 Å². The molecule has 178 valence electrons. The van der Waals surface area contributed by atoms with Gasteiger partial charge in [-0.3, -0.25) is 9.59 Å². The van der Waals surface area contributed by atoms with Gasteiger partial charge in [0.2, 0.25) is 5.69 Å². The van der Waals surface area contributed by atoms with Gasteiger partial charge in [-0.2, -0.15) is 23.0 Å². The number of hydrogen-bond donors (Lipinski definition) is 1. The zero-order valence-electron chi connectivity index (χ0n) is 17.6. The minimum absolute atomic E-state index is 0.00464. The van der Waals surface area contributed by atoms with Crippen LogP contribution in [0.5, 0.6) is 5.75 Å². The summed E-state index contributed by atoms with van der Waals surface area (Å²) in [6.45, 7) is 0.777. The standard InChI is InChI=1S/C22H17BrF3N3O5/c1-2-33-21(32)20-17(11-19(31)29(28-20)14-7-5-6-13(23)10-14)34-12-18(30)27-16-9-4-3-8-15(16)22(24,25)26/h3-11H,2,12H2,1H3,(H,27,30). The smallest absolute Gasteiger partial charge is 0.418 e. The summed E-state index contributed by atoms with van der Waals surface area (Å²) in [4.78, 5) is 37.3. The minimum Gasteiger partial charge on any atom is -0.481 e. The lowest BCUT2D eigenvalue weighted by Gasteiger charge is -2.15. The summed E-state index contributed by atoms with van der Waals surface area (Å²) < 4.78 is 51.2. The van der Waals surface area contributed by atoms with Crippen molar-refractivity contribution in [3.8, 4) is 11.4 Å². The number of ether oxygens (including phenoxy) is 2. The van der Waals surface area contributed by atoms with E-state index in [0.717, 1.165) is 22.9 Å². The van der Waals surface area contributed by atoms with Gasteiger partial charge in [0.15, 0.2) is 12.4 Å². The van der Waals surface area contributed by atoms with Gasteiger partial charge in [-0.25, -0.2) is 4.79 Å². The second-order valence-electron chi connectivity index (χ2n) is 6.69. The van der Waals surface area contributed by atoms with Crippen LogP contribution in [-0.4, -0.2) is 34.9 Å². The van der Waals surface area contributed by atoms with Gasteiger partial charge in [0, 0.05) is 4.47 Å². The monoisotopic (exact) mass is 539 g/mol. The van der Waals surface area contributed by atoms with Crippen LogP contribution < -0.4 is 15.6 Å². The maximum absolute atomic E-state index is 13.1. The van der Waals surface area contributed by atoms with Crippen LogP contribution in [0.15, 0.2) is 63.9 Å². The van der Waals surface area contributed by atoms with Crippen LogP contribution >= 0.6 is 15.9 Å². The Labute approximate surface area is 199 Å². The number of para-hydroxylation sites is 1. The first kappa shape index (κ1) is 25.0. The molecule has 3 rings (SSSR count). The molecule has 0 saturated heterocycles. The SMILES string of the molecule is CCOC(=O)c1nn(-c2cccc(Br)c2)c(=O)cc1OCC(=O)Nc1ccccc1C(F)(F)F. The highest BCUT2D eigenvalue weighted by atomic mass is 79.9. The van der Waals surface area contributed by atoms with Crippen LogP contribution in [0.2, 0.25) is 0 Å². The number of halogens is 4. The molecule has 1 heterocycles. The number of hydrogen-bond acceptors (Lipinski definition) is 6. The van der Waals surface area contributed by atoms with Crippen LogP contribution in [0.25, 0.3) is 5.69 Å². The van der Waals surface area contributed by atoms with E-state index in [4.69, 9.17) is 9.47 Å². The predicted octanol–water partition coefficient (Wildman–Crippen LogP) is 4.21. The first-order valence-electron chi connectivity index (χ1n) is 9.76. The molecular weight excluding hydrogens is 523 g/mol. The number of aromatic nitrogens is 2. The lowest BCUT2D eigenvalue weighted by atomic mass is 10.1. The van der Waals surface area contributed by atoms with Crippen LogP contribution in [0.3, 0.4) is 0 Å². The molecule has 8 nitrogen and oxygen atoms in total. The number of esters is 1. The van der Waals surface area contributed by atoms with Crippen LogP contribution in [0.1, 0.15) is 23.0 Å². The number of rotatable bonds is 7. The van der Waals surface area contributed by atoms with E-state index in [-0.39, 0.29) is 18.1 Å². The number of anilines is 1. The summed E-state index contributed by atoms with van der Waals surface area (Å²) in [5.74, 6) is -2.21. The first-order valence-corrected chi connectivity index (χ1v) is 10.6. The molecule has 0 spiro atoms. The molecule has 0 aliphatic rings. The van der Waals surface area contributed by atoms with Crippen LogP contribution in [-0.2, 0) is 15.7 Å². The van der Waals surface area contributed by atoms with Crippen molar-refractivity contribution >= 4 is 33.5 Å². The fourth-order valence-corrected chi connectivity index (χ4v) is 3.24. The second-order valence-corrected chi connectivity index (χ2v) is 7.60. The van der Waals surface area contributed by atoms with Crippen LogP contribution in [0, 0.1) is 0 Å². The fraction of sp³-hybridized carbons (Fsp3) is 0.182. The predicted molar refractivity (Wildman–Crippen MR) is 119 cm³/mol. The van der Waals surface area contributed by atoms with Crippen molar-refractivity contribution in [2.45, 2.75) is 13.1 Å². The molecule has 0 aliphatic heterocycles. The zero-order valence-corrected chi connectivity index (χ0v) is 19.1. The van der Waals surface area contributed by atoms with Gasteiger partial charge in [-0.05, 0) is 37.3 Å². The lowest BCUT2D eigenvalue weighted by Crippen LogP contribution is -2.27. The summed E-state index contributed by atoms with van der Waals surface area (Å²) >= 11 is 3.28. The molecule has 1 N–H and O–H groups in total. The normalized spacial score (nSPS) is 11.1. The van der Waals surface area contributed by atoms with Gasteiger partial charge >= 0.3 is 12.1 Å². The van der Waals surface area contributed by atoms with E-state index in [9.17, 15) is 27.6 Å². The highest BCUT2D eigenvalue weighted by Crippen LogP contribution is 2.34. The van der Waals surface area contributed by atoms with E-state index in [1.807, 2.05) is 0 Å². The lowest BCUT2D eigenvalue weighted by molar-refractivity contribution is -0.137. The third kappa shape index (κ3) is 6.01. The minimum atomic E-state index is -4.68. The fourth-order valence-electron chi connectivity index (χ4n) is 2.85. The van der Waals surface area contributed by atoms with Crippen molar-refractivity contribution in [1.82, 2.24) is 9.78 Å². The summed E-state index contributed by atoms with van der Waals surface area (Å²) in [7, 11) is 0. The largest absolute Gasteiger partial charge is 0.481 e. The highest BCUT2D eigenvalue weighted by Gasteiger charge is 2.33. The molecule has 1 amide bonds. The number of carbonyl (C=O) groups excluding carboxylic acids is 2. The molecule has 0 unspecified atom stereocenters. The van der Waals surface area contributed by atoms with Crippen LogP contribution in [0.4, 0.5) is 18.9 Å². The Morgan fingerprint density at radius 3 is 2.53 bits per heavy atom. The average Bonchev–Trinajstić information content (AvgIpc) is 2.77. The number of nitrogens with zero attached hydrogens (tertiary/aromatic N) is 2. The topological polar surface area (TPSA) is 99.5 Å². The van der Waals surface area contributed by atoms with Crippen molar-refractivity contribution in [2.24, 2.45) is 0 Å². The molecule has 2 aromatic carbocycles. The van der Waals surface area contributed by atoms with E-state index in [0.29, 0.717) is 10.2 Å². The molecule has 0 fully saturated rings. The van der Waals surface area contributed by atoms with Crippen molar-refractivity contribution in [3.05, 3.63) is 80.7 Å². The van der Waals surface area contributed by atoms with Gasteiger partial charge in [-0.1, -0.05) is 34.1 Å². The molecule has 3 aromatic rings. The quantitative estimate of drug-likeness (QED) is 0.451. The molecule has 0 saturated carbocycles. The number of carbonyl (C=O) groups is 2. The van der Waals surface area contributed by atoms with E-state index in [1.54, 1.807) is 31.2 Å². The average molecular weight is 540 g/mol. The number of amides is 1. The molecule has 34 heavy (non-hydrogen) atoms. The summed E-state index contributed by atoms with van der Waals surface area (Å²) in [6.07, 6.45) is -4.68. The third-order valence-electron chi connectivity index (χ3n) is 4.28. The van der Waals surface area contributed by atoms with E-state index >= 15 is 0 Å². The van der Waals surface area contributed by atoms with Crippen molar-refractivity contribution in [3.63, 3.8) is 0 Å². The molecule has 0 radical (unpaired) electrons. The van der Waals surface area contributed by atoms with Crippen molar-refractivity contribution in [2.75, 3.05) is 18.5 Å². The number of nitrogens with one attached hydrogen (secondary N) is 1. The van der Waals surface area contributed by atoms with Gasteiger partial charge in [-0.15, -0.1) is 0 Å². The maximum Gasteiger partial charge on any atom is 0.418 e. The first-order chi connectivity index (χ1) is 16.1. The van der Waals surface area contributed by atoms with Gasteiger partial charge in [0.25, 0.3) is 11.5 Å². The molecular formula is C22H17BrF3N3O5. The zero-order chi connectivity index (χ0) is 24.9. The second kappa shape index (κ2) is 10.5.